The summed E-state index contributed by atoms with van der Waals surface area (Å²) in [5.74, 6) is 0.218. The predicted octanol–water partition coefficient (Wildman–Crippen LogP) is 2.43. The first-order chi connectivity index (χ1) is 9.13. The van der Waals surface area contributed by atoms with E-state index in [0.717, 1.165) is 36.3 Å². The summed E-state index contributed by atoms with van der Waals surface area (Å²) in [7, 11) is 0. The number of nitriles is 1. The summed E-state index contributed by atoms with van der Waals surface area (Å²) in [6, 6.07) is 6.14. The molecule has 1 heterocycles. The number of carbonyl (C=O) groups is 1. The lowest BCUT2D eigenvalue weighted by atomic mass is 10.0. The van der Waals surface area contributed by atoms with Gasteiger partial charge in [-0.1, -0.05) is 17.8 Å². The van der Waals surface area contributed by atoms with E-state index in [2.05, 4.69) is 16.4 Å². The molecule has 1 fully saturated rings. The van der Waals surface area contributed by atoms with E-state index in [1.165, 1.54) is 11.8 Å². The molecule has 19 heavy (non-hydrogen) atoms. The Morgan fingerprint density at radius 3 is 2.84 bits per heavy atom. The summed E-state index contributed by atoms with van der Waals surface area (Å²) in [4.78, 5) is 16.1. The monoisotopic (exact) mass is 275 g/mol. The molecule has 4 nitrogen and oxygen atoms in total. The van der Waals surface area contributed by atoms with Gasteiger partial charge >= 0.3 is 0 Å². The standard InChI is InChI=1S/C14H17N3OS/c1-11-4-5-13(16-8-11)19-9-12(18)17-14(10-15)6-2-3-7-14/h4-5,8H,2-3,6-7,9H2,1H3,(H,17,18). The number of carbonyl (C=O) groups excluding carboxylic acids is 1. The molecule has 1 amide bonds. The normalized spacial score (nSPS) is 16.8. The first kappa shape index (κ1) is 13.9. The van der Waals surface area contributed by atoms with Gasteiger partial charge in [0.25, 0.3) is 0 Å². The van der Waals surface area contributed by atoms with Crippen molar-refractivity contribution in [1.29, 1.82) is 5.26 Å². The minimum Gasteiger partial charge on any atom is -0.337 e. The van der Waals surface area contributed by atoms with E-state index >= 15 is 0 Å². The van der Waals surface area contributed by atoms with Crippen molar-refractivity contribution in [2.45, 2.75) is 43.2 Å². The van der Waals surface area contributed by atoms with Crippen LogP contribution in [0.5, 0.6) is 0 Å². The van der Waals surface area contributed by atoms with Gasteiger partial charge in [-0.15, -0.1) is 0 Å². The fourth-order valence-corrected chi connectivity index (χ4v) is 2.87. The Labute approximate surface area is 117 Å². The van der Waals surface area contributed by atoms with Crippen molar-refractivity contribution in [3.8, 4) is 6.07 Å². The summed E-state index contributed by atoms with van der Waals surface area (Å²) >= 11 is 1.40. The summed E-state index contributed by atoms with van der Waals surface area (Å²) in [5.41, 5.74) is 0.474. The van der Waals surface area contributed by atoms with Crippen LogP contribution in [0.2, 0.25) is 0 Å². The van der Waals surface area contributed by atoms with E-state index in [1.807, 2.05) is 19.1 Å². The van der Waals surface area contributed by atoms with Crippen LogP contribution in [0.4, 0.5) is 0 Å². The van der Waals surface area contributed by atoms with Crippen molar-refractivity contribution >= 4 is 17.7 Å². The lowest BCUT2D eigenvalue weighted by Gasteiger charge is -2.21. The van der Waals surface area contributed by atoms with E-state index < -0.39 is 5.54 Å². The zero-order chi connectivity index (χ0) is 13.7. The van der Waals surface area contributed by atoms with Gasteiger partial charge in [-0.05, 0) is 44.2 Å². The van der Waals surface area contributed by atoms with Crippen LogP contribution < -0.4 is 5.32 Å². The van der Waals surface area contributed by atoms with Crippen LogP contribution in [0, 0.1) is 18.3 Å². The van der Waals surface area contributed by atoms with Crippen molar-refractivity contribution < 1.29 is 4.79 Å². The first-order valence-electron chi connectivity index (χ1n) is 6.41. The molecular weight excluding hydrogens is 258 g/mol. The van der Waals surface area contributed by atoms with Crippen LogP contribution in [-0.4, -0.2) is 22.2 Å². The smallest absolute Gasteiger partial charge is 0.231 e. The van der Waals surface area contributed by atoms with Crippen molar-refractivity contribution in [3.05, 3.63) is 23.9 Å². The molecule has 0 bridgehead atoms. The molecular formula is C14H17N3OS. The molecule has 0 spiro atoms. The lowest BCUT2D eigenvalue weighted by molar-refractivity contribution is -0.119. The topological polar surface area (TPSA) is 65.8 Å². The average Bonchev–Trinajstić information content (AvgIpc) is 2.87. The molecule has 5 heteroatoms. The average molecular weight is 275 g/mol. The number of thioether (sulfide) groups is 1. The maximum absolute atomic E-state index is 11.9. The van der Waals surface area contributed by atoms with Gasteiger partial charge in [0.05, 0.1) is 16.8 Å². The molecule has 1 aliphatic rings. The highest BCUT2D eigenvalue weighted by Crippen LogP contribution is 2.29. The van der Waals surface area contributed by atoms with Gasteiger partial charge in [-0.2, -0.15) is 5.26 Å². The number of aryl methyl sites for hydroxylation is 1. The van der Waals surface area contributed by atoms with Gasteiger partial charge in [-0.25, -0.2) is 4.98 Å². The number of aromatic nitrogens is 1. The quantitative estimate of drug-likeness (QED) is 0.857. The van der Waals surface area contributed by atoms with E-state index in [0.29, 0.717) is 5.75 Å². The molecule has 0 saturated heterocycles. The Balaban J connectivity index is 1.85. The molecule has 0 unspecified atom stereocenters. The Hall–Kier alpha value is -1.54. The summed E-state index contributed by atoms with van der Waals surface area (Å²) in [6.07, 6.45) is 5.35. The van der Waals surface area contributed by atoms with Crippen LogP contribution in [0.25, 0.3) is 0 Å². The molecule has 0 radical (unpaired) electrons. The first-order valence-corrected chi connectivity index (χ1v) is 7.40. The van der Waals surface area contributed by atoms with Crippen LogP contribution in [0.3, 0.4) is 0 Å². The zero-order valence-electron chi connectivity index (χ0n) is 11.0. The van der Waals surface area contributed by atoms with Crippen molar-refractivity contribution in [2.75, 3.05) is 5.75 Å². The second kappa shape index (κ2) is 6.07. The molecule has 0 atom stereocenters. The largest absolute Gasteiger partial charge is 0.337 e. The van der Waals surface area contributed by atoms with E-state index in [9.17, 15) is 10.1 Å². The number of amides is 1. The molecule has 1 aliphatic carbocycles. The Morgan fingerprint density at radius 1 is 1.53 bits per heavy atom. The van der Waals surface area contributed by atoms with Gasteiger partial charge < -0.3 is 5.32 Å². The molecule has 0 aliphatic heterocycles. The maximum atomic E-state index is 11.9. The molecule has 1 aromatic rings. The van der Waals surface area contributed by atoms with Gasteiger partial charge in [0.2, 0.25) is 5.91 Å². The van der Waals surface area contributed by atoms with Crippen LogP contribution in [0.1, 0.15) is 31.2 Å². The fourth-order valence-electron chi connectivity index (χ4n) is 2.23. The minimum absolute atomic E-state index is 0.0872. The zero-order valence-corrected chi connectivity index (χ0v) is 11.8. The summed E-state index contributed by atoms with van der Waals surface area (Å²) < 4.78 is 0. The number of pyridine rings is 1. The van der Waals surface area contributed by atoms with Crippen LogP contribution in [-0.2, 0) is 4.79 Å². The van der Waals surface area contributed by atoms with Gasteiger partial charge in [-0.3, -0.25) is 4.79 Å². The fraction of sp³-hybridized carbons (Fsp3) is 0.500. The van der Waals surface area contributed by atoms with Crippen LogP contribution >= 0.6 is 11.8 Å². The molecule has 1 N–H and O–H groups in total. The van der Waals surface area contributed by atoms with Gasteiger partial charge in [0, 0.05) is 6.20 Å². The number of nitrogens with one attached hydrogen (secondary N) is 1. The molecule has 1 saturated carbocycles. The number of nitrogens with zero attached hydrogens (tertiary/aromatic N) is 2. The highest BCUT2D eigenvalue weighted by Gasteiger charge is 2.35. The van der Waals surface area contributed by atoms with Gasteiger partial charge in [0.1, 0.15) is 5.54 Å². The molecule has 1 aromatic heterocycles. The molecule has 2 rings (SSSR count). The predicted molar refractivity (Wildman–Crippen MR) is 74.7 cm³/mol. The van der Waals surface area contributed by atoms with Crippen molar-refractivity contribution in [2.24, 2.45) is 0 Å². The third kappa shape index (κ3) is 3.71. The molecule has 100 valence electrons. The Bertz CT molecular complexity index is 486. The molecule has 0 aromatic carbocycles. The highest BCUT2D eigenvalue weighted by atomic mass is 32.2. The van der Waals surface area contributed by atoms with Gasteiger partial charge in [0.15, 0.2) is 0 Å². The summed E-state index contributed by atoms with van der Waals surface area (Å²) in [5, 5.41) is 12.9. The minimum atomic E-state index is -0.627. The number of hydrogen-bond donors (Lipinski definition) is 1. The number of hydrogen-bond acceptors (Lipinski definition) is 4. The second-order valence-electron chi connectivity index (χ2n) is 4.91. The van der Waals surface area contributed by atoms with E-state index in [-0.39, 0.29) is 5.91 Å². The van der Waals surface area contributed by atoms with Crippen LogP contribution in [0.15, 0.2) is 23.4 Å². The third-order valence-corrected chi connectivity index (χ3v) is 4.23. The summed E-state index contributed by atoms with van der Waals surface area (Å²) in [6.45, 7) is 1.98. The second-order valence-corrected chi connectivity index (χ2v) is 5.91. The number of rotatable bonds is 4. The van der Waals surface area contributed by atoms with Crippen molar-refractivity contribution in [3.63, 3.8) is 0 Å². The third-order valence-electron chi connectivity index (χ3n) is 3.29. The van der Waals surface area contributed by atoms with E-state index in [1.54, 1.807) is 6.20 Å². The van der Waals surface area contributed by atoms with E-state index in [4.69, 9.17) is 0 Å². The SMILES string of the molecule is Cc1ccc(SCC(=O)NC2(C#N)CCCC2)nc1. The Kier molecular flexibility index (Phi) is 4.43. The Morgan fingerprint density at radius 2 is 2.26 bits per heavy atom. The highest BCUT2D eigenvalue weighted by molar-refractivity contribution is 7.99. The van der Waals surface area contributed by atoms with Crippen molar-refractivity contribution in [1.82, 2.24) is 10.3 Å². The maximum Gasteiger partial charge on any atom is 0.231 e. The lowest BCUT2D eigenvalue weighted by Crippen LogP contribution is -2.45.